The molecule has 0 bridgehead atoms. The summed E-state index contributed by atoms with van der Waals surface area (Å²) in [6.45, 7) is 9.57. The van der Waals surface area contributed by atoms with Gasteiger partial charge in [0.1, 0.15) is 6.67 Å². The predicted octanol–water partition coefficient (Wildman–Crippen LogP) is 5.77. The molecule has 0 aliphatic heterocycles. The first-order valence-corrected chi connectivity index (χ1v) is 9.30. The maximum atomic E-state index is 12.4. The Morgan fingerprint density at radius 3 is 2.48 bits per heavy atom. The summed E-state index contributed by atoms with van der Waals surface area (Å²) in [5.41, 5.74) is 6.28. The first-order valence-electron chi connectivity index (χ1n) is 9.30. The molecular weight excluding hydrogens is 309 g/mol. The molecule has 1 aliphatic rings. The highest BCUT2D eigenvalue weighted by molar-refractivity contribution is 5.39. The summed E-state index contributed by atoms with van der Waals surface area (Å²) < 4.78 is 12.4. The van der Waals surface area contributed by atoms with Crippen molar-refractivity contribution in [3.05, 3.63) is 58.3 Å². The van der Waals surface area contributed by atoms with Crippen LogP contribution in [0.5, 0.6) is 0 Å². The zero-order valence-corrected chi connectivity index (χ0v) is 16.2. The third-order valence-corrected chi connectivity index (χ3v) is 4.49. The van der Waals surface area contributed by atoms with Gasteiger partial charge in [0.05, 0.1) is 0 Å². The second kappa shape index (κ2) is 11.5. The minimum absolute atomic E-state index is 0.324. The van der Waals surface area contributed by atoms with Crippen molar-refractivity contribution in [1.82, 2.24) is 4.90 Å². The average molecular weight is 342 g/mol. The van der Waals surface area contributed by atoms with E-state index in [9.17, 15) is 4.39 Å². The van der Waals surface area contributed by atoms with E-state index in [0.29, 0.717) is 6.54 Å². The van der Waals surface area contributed by atoms with Gasteiger partial charge < -0.3 is 4.90 Å². The molecule has 1 aromatic carbocycles. The molecule has 0 N–H and O–H groups in total. The molecule has 0 spiro atoms. The lowest BCUT2D eigenvalue weighted by Crippen LogP contribution is -2.27. The summed E-state index contributed by atoms with van der Waals surface area (Å²) in [4.78, 5) is 2.05. The van der Waals surface area contributed by atoms with E-state index in [0.717, 1.165) is 43.5 Å². The number of allylic oxidation sites excluding steroid dienone is 3. The smallest absolute Gasteiger partial charge is 0.107 e. The van der Waals surface area contributed by atoms with Crippen LogP contribution in [0.1, 0.15) is 49.8 Å². The SMILES string of the molecule is C#CC1=C(N(CCC)CCF)C=CCC1.CCc1ccc(C)c(C)c1. The van der Waals surface area contributed by atoms with Gasteiger partial charge in [-0.15, -0.1) is 6.42 Å². The molecule has 0 unspecified atom stereocenters. The summed E-state index contributed by atoms with van der Waals surface area (Å²) in [5, 5.41) is 0. The van der Waals surface area contributed by atoms with E-state index in [1.165, 1.54) is 16.7 Å². The third-order valence-electron chi connectivity index (χ3n) is 4.49. The molecule has 0 radical (unpaired) electrons. The van der Waals surface area contributed by atoms with Gasteiger partial charge >= 0.3 is 0 Å². The van der Waals surface area contributed by atoms with E-state index in [4.69, 9.17) is 6.42 Å². The van der Waals surface area contributed by atoms with Crippen molar-refractivity contribution in [2.75, 3.05) is 19.8 Å². The monoisotopic (exact) mass is 341 g/mol. The number of terminal acetylenes is 1. The normalized spacial score (nSPS) is 13.1. The van der Waals surface area contributed by atoms with Crippen molar-refractivity contribution in [2.24, 2.45) is 0 Å². The van der Waals surface area contributed by atoms with Gasteiger partial charge in [0.15, 0.2) is 0 Å². The fraction of sp³-hybridized carbons (Fsp3) is 0.478. The number of hydrogen-bond donors (Lipinski definition) is 0. The van der Waals surface area contributed by atoms with Gasteiger partial charge in [-0.2, -0.15) is 0 Å². The van der Waals surface area contributed by atoms with Crippen LogP contribution in [0.15, 0.2) is 41.6 Å². The highest BCUT2D eigenvalue weighted by Crippen LogP contribution is 2.21. The van der Waals surface area contributed by atoms with Crippen molar-refractivity contribution in [1.29, 1.82) is 0 Å². The Balaban J connectivity index is 0.000000271. The van der Waals surface area contributed by atoms with Crippen molar-refractivity contribution in [3.8, 4) is 12.3 Å². The number of alkyl halides is 1. The quantitative estimate of drug-likeness (QED) is 0.594. The molecule has 25 heavy (non-hydrogen) atoms. The number of benzene rings is 1. The Morgan fingerprint density at radius 1 is 1.16 bits per heavy atom. The molecule has 0 amide bonds. The molecule has 2 heteroatoms. The maximum absolute atomic E-state index is 12.4. The minimum atomic E-state index is -0.324. The van der Waals surface area contributed by atoms with Crippen LogP contribution >= 0.6 is 0 Å². The molecule has 0 saturated carbocycles. The van der Waals surface area contributed by atoms with Gasteiger partial charge in [0.2, 0.25) is 0 Å². The molecule has 0 saturated heterocycles. The maximum Gasteiger partial charge on any atom is 0.107 e. The fourth-order valence-corrected chi connectivity index (χ4v) is 2.84. The summed E-state index contributed by atoms with van der Waals surface area (Å²) in [5.74, 6) is 2.72. The Labute approximate surface area is 153 Å². The van der Waals surface area contributed by atoms with Crippen LogP contribution in [0, 0.1) is 26.2 Å². The molecule has 0 heterocycles. The summed E-state index contributed by atoms with van der Waals surface area (Å²) in [6.07, 6.45) is 13.7. The number of halogens is 1. The molecule has 136 valence electrons. The van der Waals surface area contributed by atoms with Crippen LogP contribution < -0.4 is 0 Å². The summed E-state index contributed by atoms with van der Waals surface area (Å²) >= 11 is 0. The summed E-state index contributed by atoms with van der Waals surface area (Å²) in [7, 11) is 0. The van der Waals surface area contributed by atoms with Crippen LogP contribution in [-0.4, -0.2) is 24.7 Å². The predicted molar refractivity (Wildman–Crippen MR) is 107 cm³/mol. The van der Waals surface area contributed by atoms with Crippen molar-refractivity contribution < 1.29 is 4.39 Å². The lowest BCUT2D eigenvalue weighted by molar-refractivity contribution is 0.307. The van der Waals surface area contributed by atoms with Gasteiger partial charge in [0, 0.05) is 24.4 Å². The lowest BCUT2D eigenvalue weighted by atomic mass is 10.0. The second-order valence-corrected chi connectivity index (χ2v) is 6.40. The molecule has 1 nitrogen and oxygen atoms in total. The van der Waals surface area contributed by atoms with Gasteiger partial charge in [-0.3, -0.25) is 0 Å². The lowest BCUT2D eigenvalue weighted by Gasteiger charge is -2.27. The van der Waals surface area contributed by atoms with Gasteiger partial charge in [-0.1, -0.05) is 44.0 Å². The molecule has 0 fully saturated rings. The largest absolute Gasteiger partial charge is 0.368 e. The first kappa shape index (κ1) is 21.0. The third kappa shape index (κ3) is 6.78. The van der Waals surface area contributed by atoms with Crippen molar-refractivity contribution in [2.45, 2.75) is 53.4 Å². The zero-order chi connectivity index (χ0) is 18.7. The van der Waals surface area contributed by atoms with Crippen LogP contribution in [0.2, 0.25) is 0 Å². The van der Waals surface area contributed by atoms with E-state index >= 15 is 0 Å². The molecule has 1 aliphatic carbocycles. The Kier molecular flexibility index (Phi) is 9.70. The van der Waals surface area contributed by atoms with E-state index in [2.05, 4.69) is 57.9 Å². The zero-order valence-electron chi connectivity index (χ0n) is 16.2. The second-order valence-electron chi connectivity index (χ2n) is 6.40. The number of aryl methyl sites for hydroxylation is 3. The van der Waals surface area contributed by atoms with Crippen LogP contribution in [-0.2, 0) is 6.42 Å². The van der Waals surface area contributed by atoms with Crippen LogP contribution in [0.3, 0.4) is 0 Å². The van der Waals surface area contributed by atoms with E-state index < -0.39 is 0 Å². The Hall–Kier alpha value is -2.01. The standard InChI is InChI=1S/C13H18FN.C10H14/c1-3-10-15(11-9-14)13-8-6-5-7-12(13)4-2;1-4-10-6-5-8(2)9(3)7-10/h2,6,8H,3,5,7,9-11H2,1H3;5-7H,4H2,1-3H3. The molecule has 1 aromatic rings. The fourth-order valence-electron chi connectivity index (χ4n) is 2.84. The van der Waals surface area contributed by atoms with Gasteiger partial charge in [0.25, 0.3) is 0 Å². The number of nitrogens with zero attached hydrogens (tertiary/aromatic N) is 1. The van der Waals surface area contributed by atoms with Crippen LogP contribution in [0.25, 0.3) is 0 Å². The van der Waals surface area contributed by atoms with Crippen molar-refractivity contribution in [3.63, 3.8) is 0 Å². The topological polar surface area (TPSA) is 3.24 Å². The highest BCUT2D eigenvalue weighted by Gasteiger charge is 2.12. The Bertz CT molecular complexity index is 628. The summed E-state index contributed by atoms with van der Waals surface area (Å²) in [6, 6.07) is 6.64. The van der Waals surface area contributed by atoms with Gasteiger partial charge in [-0.25, -0.2) is 4.39 Å². The van der Waals surface area contributed by atoms with E-state index in [1.54, 1.807) is 0 Å². The molecule has 0 atom stereocenters. The number of hydrogen-bond acceptors (Lipinski definition) is 1. The highest BCUT2D eigenvalue weighted by atomic mass is 19.1. The number of rotatable bonds is 6. The van der Waals surface area contributed by atoms with Gasteiger partial charge in [-0.05, 0) is 62.3 Å². The van der Waals surface area contributed by atoms with E-state index in [1.807, 2.05) is 11.0 Å². The minimum Gasteiger partial charge on any atom is -0.368 e. The first-order chi connectivity index (χ1) is 12.1. The average Bonchev–Trinajstić information content (AvgIpc) is 2.64. The molecular formula is C23H32FN. The Morgan fingerprint density at radius 2 is 1.92 bits per heavy atom. The van der Waals surface area contributed by atoms with Crippen molar-refractivity contribution >= 4 is 0 Å². The molecule has 2 rings (SSSR count). The molecule has 0 aromatic heterocycles. The van der Waals surface area contributed by atoms with E-state index in [-0.39, 0.29) is 6.67 Å². The van der Waals surface area contributed by atoms with Crippen LogP contribution in [0.4, 0.5) is 4.39 Å².